The van der Waals surface area contributed by atoms with Crippen molar-refractivity contribution in [1.82, 2.24) is 24.8 Å². The van der Waals surface area contributed by atoms with Gasteiger partial charge in [-0.05, 0) is 69.6 Å². The Morgan fingerprint density at radius 2 is 1.94 bits per heavy atom. The van der Waals surface area contributed by atoms with Gasteiger partial charge in [0.05, 0.1) is 29.7 Å². The molecule has 3 aromatic heterocycles. The van der Waals surface area contributed by atoms with E-state index in [0.717, 1.165) is 30.9 Å². The number of nitriles is 1. The summed E-state index contributed by atoms with van der Waals surface area (Å²) in [6.45, 7) is 2.02. The number of hydrogen-bond donors (Lipinski definition) is 1. The van der Waals surface area contributed by atoms with Crippen LogP contribution >= 0.6 is 0 Å². The Morgan fingerprint density at radius 1 is 1.11 bits per heavy atom. The fraction of sp³-hybridized carbons (Fsp3) is 0.423. The lowest BCUT2D eigenvalue weighted by Gasteiger charge is -2.28. The first kappa shape index (κ1) is 24.0. The summed E-state index contributed by atoms with van der Waals surface area (Å²) < 4.78 is 27.3. The molecule has 5 rings (SSSR count). The molecule has 5 heterocycles. The van der Waals surface area contributed by atoms with Crippen LogP contribution in [0.4, 0.5) is 26.2 Å². The number of halogens is 2. The molecule has 10 heteroatoms. The van der Waals surface area contributed by atoms with Crippen LogP contribution in [-0.4, -0.2) is 64.0 Å². The van der Waals surface area contributed by atoms with E-state index in [1.165, 1.54) is 17.7 Å². The summed E-state index contributed by atoms with van der Waals surface area (Å²) in [6.07, 6.45) is 8.11. The lowest BCUT2D eigenvalue weighted by Crippen LogP contribution is -2.31. The molecule has 0 spiro atoms. The van der Waals surface area contributed by atoms with Crippen molar-refractivity contribution in [3.05, 3.63) is 54.1 Å². The lowest BCUT2D eigenvalue weighted by molar-refractivity contribution is 0.0256. The lowest BCUT2D eigenvalue weighted by atomic mass is 9.92. The van der Waals surface area contributed by atoms with E-state index in [2.05, 4.69) is 43.3 Å². The second-order valence-electron chi connectivity index (χ2n) is 9.61. The van der Waals surface area contributed by atoms with Gasteiger partial charge in [-0.3, -0.25) is 4.98 Å². The van der Waals surface area contributed by atoms with Gasteiger partial charge in [-0.15, -0.1) is 0 Å². The number of rotatable bonds is 6. The van der Waals surface area contributed by atoms with Gasteiger partial charge >= 0.3 is 0 Å². The molecule has 8 nitrogen and oxygen atoms in total. The topological polar surface area (TPSA) is 93.9 Å². The van der Waals surface area contributed by atoms with Gasteiger partial charge in [0.2, 0.25) is 5.95 Å². The van der Waals surface area contributed by atoms with Crippen molar-refractivity contribution in [2.75, 3.05) is 43.4 Å². The van der Waals surface area contributed by atoms with E-state index in [1.54, 1.807) is 30.7 Å². The largest absolute Gasteiger partial charge is 0.349 e. The predicted octanol–water partition coefficient (Wildman–Crippen LogP) is 4.28. The summed E-state index contributed by atoms with van der Waals surface area (Å²) >= 11 is 0. The Labute approximate surface area is 209 Å². The highest BCUT2D eigenvalue weighted by molar-refractivity contribution is 5.67. The summed E-state index contributed by atoms with van der Waals surface area (Å²) in [5, 5.41) is 12.8. The number of alkyl halides is 2. The smallest absolute Gasteiger partial charge is 0.266 e. The SMILES string of the molecule is CN1CCC(Cc2ccc(Nc3nccc(-c4cnc(N5CCC(F)(F)C5)c(C#N)c4)n3)cn2)CC1. The number of nitrogens with one attached hydrogen (secondary N) is 1. The summed E-state index contributed by atoms with van der Waals surface area (Å²) in [5.41, 5.74) is 3.28. The van der Waals surface area contributed by atoms with Gasteiger partial charge in [0, 0.05) is 36.6 Å². The van der Waals surface area contributed by atoms with Crippen molar-refractivity contribution < 1.29 is 8.78 Å². The van der Waals surface area contributed by atoms with Gasteiger partial charge < -0.3 is 15.1 Å². The molecule has 0 radical (unpaired) electrons. The zero-order valence-electron chi connectivity index (χ0n) is 20.2. The van der Waals surface area contributed by atoms with Crippen molar-refractivity contribution >= 4 is 17.5 Å². The molecular weight excluding hydrogens is 462 g/mol. The second kappa shape index (κ2) is 10.1. The van der Waals surface area contributed by atoms with E-state index in [0.29, 0.717) is 23.1 Å². The Morgan fingerprint density at radius 3 is 2.64 bits per heavy atom. The van der Waals surface area contributed by atoms with Crippen LogP contribution in [0.5, 0.6) is 0 Å². The number of aromatic nitrogens is 4. The van der Waals surface area contributed by atoms with E-state index in [9.17, 15) is 14.0 Å². The van der Waals surface area contributed by atoms with Crippen LogP contribution < -0.4 is 10.2 Å². The van der Waals surface area contributed by atoms with E-state index in [-0.39, 0.29) is 24.3 Å². The third-order valence-electron chi connectivity index (χ3n) is 6.82. The average molecular weight is 491 g/mol. The minimum atomic E-state index is -2.76. The van der Waals surface area contributed by atoms with Crippen LogP contribution in [0.25, 0.3) is 11.3 Å². The average Bonchev–Trinajstić information content (AvgIpc) is 3.25. The maximum Gasteiger partial charge on any atom is 0.266 e. The fourth-order valence-electron chi connectivity index (χ4n) is 4.74. The van der Waals surface area contributed by atoms with E-state index < -0.39 is 12.5 Å². The van der Waals surface area contributed by atoms with Crippen LogP contribution in [-0.2, 0) is 6.42 Å². The number of anilines is 3. The zero-order chi connectivity index (χ0) is 25.1. The Bertz CT molecular complexity index is 1250. The number of piperidine rings is 1. The van der Waals surface area contributed by atoms with E-state index in [1.807, 2.05) is 12.1 Å². The molecule has 0 atom stereocenters. The van der Waals surface area contributed by atoms with Crippen molar-refractivity contribution in [3.8, 4) is 17.3 Å². The molecule has 0 bridgehead atoms. The molecule has 0 aliphatic carbocycles. The molecule has 3 aromatic rings. The standard InChI is InChI=1S/C26H28F2N8/c1-35-9-5-18(6-10-35)12-21-2-3-22(16-31-21)33-25-30-8-4-23(34-25)20-13-19(14-29)24(32-15-20)36-11-7-26(27,28)17-36/h2-4,8,13,15-16,18H,5-7,9-12,17H2,1H3,(H,30,33,34). The summed E-state index contributed by atoms with van der Waals surface area (Å²) in [6, 6.07) is 9.44. The summed E-state index contributed by atoms with van der Waals surface area (Å²) in [5.74, 6) is -1.43. The molecule has 0 aromatic carbocycles. The van der Waals surface area contributed by atoms with Gasteiger partial charge in [-0.25, -0.2) is 23.7 Å². The number of hydrogen-bond acceptors (Lipinski definition) is 8. The van der Waals surface area contributed by atoms with Crippen LogP contribution in [0.1, 0.15) is 30.5 Å². The predicted molar refractivity (Wildman–Crippen MR) is 133 cm³/mol. The van der Waals surface area contributed by atoms with Crippen molar-refractivity contribution in [3.63, 3.8) is 0 Å². The Balaban J connectivity index is 1.27. The van der Waals surface area contributed by atoms with Crippen LogP contribution in [0.3, 0.4) is 0 Å². The van der Waals surface area contributed by atoms with Crippen LogP contribution in [0.2, 0.25) is 0 Å². The molecule has 2 fully saturated rings. The molecule has 186 valence electrons. The third kappa shape index (κ3) is 5.57. The van der Waals surface area contributed by atoms with Gasteiger partial charge in [0.1, 0.15) is 11.9 Å². The van der Waals surface area contributed by atoms with Crippen molar-refractivity contribution in [2.24, 2.45) is 5.92 Å². The molecule has 2 saturated heterocycles. The fourth-order valence-corrected chi connectivity index (χ4v) is 4.74. The molecule has 0 unspecified atom stereocenters. The van der Waals surface area contributed by atoms with Crippen molar-refractivity contribution in [1.29, 1.82) is 5.26 Å². The van der Waals surface area contributed by atoms with Gasteiger partial charge in [-0.1, -0.05) is 0 Å². The number of likely N-dealkylation sites (tertiary alicyclic amines) is 1. The molecule has 1 N–H and O–H groups in total. The minimum absolute atomic E-state index is 0.167. The van der Waals surface area contributed by atoms with Gasteiger partial charge in [0.15, 0.2) is 0 Å². The van der Waals surface area contributed by atoms with E-state index in [4.69, 9.17) is 0 Å². The molecular formula is C26H28F2N8. The molecule has 2 aliphatic heterocycles. The maximum absolute atomic E-state index is 13.6. The quantitative estimate of drug-likeness (QED) is 0.547. The summed E-state index contributed by atoms with van der Waals surface area (Å²) in [7, 11) is 2.16. The first-order valence-electron chi connectivity index (χ1n) is 12.2. The highest BCUT2D eigenvalue weighted by atomic mass is 19.3. The molecule has 0 amide bonds. The first-order chi connectivity index (χ1) is 17.4. The Hall–Kier alpha value is -3.71. The molecule has 0 saturated carbocycles. The zero-order valence-corrected chi connectivity index (χ0v) is 20.2. The van der Waals surface area contributed by atoms with Crippen molar-refractivity contribution in [2.45, 2.75) is 31.6 Å². The minimum Gasteiger partial charge on any atom is -0.349 e. The van der Waals surface area contributed by atoms with E-state index >= 15 is 0 Å². The van der Waals surface area contributed by atoms with Crippen LogP contribution in [0.15, 0.2) is 42.9 Å². The van der Waals surface area contributed by atoms with Crippen LogP contribution in [0, 0.1) is 17.2 Å². The summed E-state index contributed by atoms with van der Waals surface area (Å²) in [4.78, 5) is 21.6. The normalized spacial score (nSPS) is 18.2. The number of nitrogens with zero attached hydrogens (tertiary/aromatic N) is 7. The molecule has 2 aliphatic rings. The second-order valence-corrected chi connectivity index (χ2v) is 9.61. The highest BCUT2D eigenvalue weighted by Gasteiger charge is 2.39. The van der Waals surface area contributed by atoms with Gasteiger partial charge in [0.25, 0.3) is 5.92 Å². The monoisotopic (exact) mass is 490 g/mol. The Kier molecular flexibility index (Phi) is 6.74. The number of pyridine rings is 2. The van der Waals surface area contributed by atoms with Gasteiger partial charge in [-0.2, -0.15) is 5.26 Å². The third-order valence-corrected chi connectivity index (χ3v) is 6.82. The molecule has 36 heavy (non-hydrogen) atoms. The maximum atomic E-state index is 13.6. The first-order valence-corrected chi connectivity index (χ1v) is 12.2. The highest BCUT2D eigenvalue weighted by Crippen LogP contribution is 2.32.